The number of fused-ring (bicyclic) bond motifs is 1. The molecule has 0 spiro atoms. The van der Waals surface area contributed by atoms with Crippen LogP contribution in [0.3, 0.4) is 0 Å². The molecule has 23 heavy (non-hydrogen) atoms. The van der Waals surface area contributed by atoms with Crippen molar-refractivity contribution in [1.29, 1.82) is 0 Å². The SMILES string of the molecule is CC(=O)Cc1cccc(-c2cccc3c2N[C@H](C)CC(=O)N3)c1. The minimum Gasteiger partial charge on any atom is -0.380 e. The van der Waals surface area contributed by atoms with Gasteiger partial charge in [-0.25, -0.2) is 0 Å². The smallest absolute Gasteiger partial charge is 0.226 e. The monoisotopic (exact) mass is 308 g/mol. The number of rotatable bonds is 3. The summed E-state index contributed by atoms with van der Waals surface area (Å²) in [6.45, 7) is 3.59. The van der Waals surface area contributed by atoms with E-state index < -0.39 is 0 Å². The summed E-state index contributed by atoms with van der Waals surface area (Å²) >= 11 is 0. The molecule has 4 heteroatoms. The number of nitrogens with one attached hydrogen (secondary N) is 2. The van der Waals surface area contributed by atoms with Gasteiger partial charge in [0.05, 0.1) is 11.4 Å². The van der Waals surface area contributed by atoms with Crippen LogP contribution in [0.25, 0.3) is 11.1 Å². The van der Waals surface area contributed by atoms with Crippen molar-refractivity contribution in [3.63, 3.8) is 0 Å². The largest absolute Gasteiger partial charge is 0.380 e. The second-order valence-electron chi connectivity index (χ2n) is 6.10. The van der Waals surface area contributed by atoms with Gasteiger partial charge in [-0.05, 0) is 31.0 Å². The van der Waals surface area contributed by atoms with Gasteiger partial charge in [-0.2, -0.15) is 0 Å². The maximum atomic E-state index is 11.9. The van der Waals surface area contributed by atoms with Crippen molar-refractivity contribution in [3.05, 3.63) is 48.0 Å². The lowest BCUT2D eigenvalue weighted by molar-refractivity contribution is -0.117. The van der Waals surface area contributed by atoms with Crippen molar-refractivity contribution in [2.45, 2.75) is 32.7 Å². The van der Waals surface area contributed by atoms with Crippen LogP contribution in [-0.2, 0) is 16.0 Å². The molecule has 2 aromatic carbocycles. The van der Waals surface area contributed by atoms with Crippen LogP contribution in [0.2, 0.25) is 0 Å². The Labute approximate surface area is 135 Å². The van der Waals surface area contributed by atoms with Gasteiger partial charge >= 0.3 is 0 Å². The van der Waals surface area contributed by atoms with E-state index in [1.165, 1.54) is 0 Å². The third-order valence-electron chi connectivity index (χ3n) is 3.91. The molecule has 0 aromatic heterocycles. The van der Waals surface area contributed by atoms with Crippen molar-refractivity contribution in [1.82, 2.24) is 0 Å². The van der Waals surface area contributed by atoms with Gasteiger partial charge in [0.1, 0.15) is 5.78 Å². The quantitative estimate of drug-likeness (QED) is 0.910. The molecule has 1 aliphatic heterocycles. The fourth-order valence-corrected chi connectivity index (χ4v) is 2.97. The van der Waals surface area contributed by atoms with Gasteiger partial charge in [-0.3, -0.25) is 9.59 Å². The van der Waals surface area contributed by atoms with Gasteiger partial charge in [0.2, 0.25) is 5.91 Å². The molecule has 0 fully saturated rings. The van der Waals surface area contributed by atoms with Crippen molar-refractivity contribution < 1.29 is 9.59 Å². The number of hydrogen-bond donors (Lipinski definition) is 2. The summed E-state index contributed by atoms with van der Waals surface area (Å²) in [6, 6.07) is 13.9. The highest BCUT2D eigenvalue weighted by Crippen LogP contribution is 2.36. The van der Waals surface area contributed by atoms with Gasteiger partial charge in [0.25, 0.3) is 0 Å². The van der Waals surface area contributed by atoms with E-state index in [0.29, 0.717) is 12.8 Å². The molecule has 1 amide bonds. The zero-order chi connectivity index (χ0) is 16.4. The number of amides is 1. The normalized spacial score (nSPS) is 16.8. The third-order valence-corrected chi connectivity index (χ3v) is 3.91. The van der Waals surface area contributed by atoms with Crippen LogP contribution in [-0.4, -0.2) is 17.7 Å². The molecule has 1 atom stereocenters. The van der Waals surface area contributed by atoms with E-state index in [0.717, 1.165) is 28.1 Å². The summed E-state index contributed by atoms with van der Waals surface area (Å²) < 4.78 is 0. The summed E-state index contributed by atoms with van der Waals surface area (Å²) in [7, 11) is 0. The number of para-hydroxylation sites is 1. The second-order valence-corrected chi connectivity index (χ2v) is 6.10. The van der Waals surface area contributed by atoms with Gasteiger partial charge < -0.3 is 10.6 Å². The number of benzene rings is 2. The Bertz CT molecular complexity index is 768. The fourth-order valence-electron chi connectivity index (χ4n) is 2.97. The molecule has 1 aliphatic rings. The average molecular weight is 308 g/mol. The van der Waals surface area contributed by atoms with Gasteiger partial charge in [0, 0.05) is 24.4 Å². The molecule has 2 N–H and O–H groups in total. The lowest BCUT2D eigenvalue weighted by atomic mass is 9.98. The number of Topliss-reactive ketones (excluding diaryl/α,β-unsaturated/α-hetero) is 1. The standard InChI is InChI=1S/C19H20N2O2/c1-12-9-18(23)21-17-8-4-7-16(19(17)20-12)15-6-3-5-14(11-15)10-13(2)22/h3-8,11-12,20H,9-10H2,1-2H3,(H,21,23)/t12-/m1/s1. The predicted molar refractivity (Wildman–Crippen MR) is 92.6 cm³/mol. The molecule has 1 heterocycles. The molecule has 0 unspecified atom stereocenters. The molecule has 4 nitrogen and oxygen atoms in total. The zero-order valence-electron chi connectivity index (χ0n) is 13.3. The Morgan fingerprint density at radius 1 is 1.22 bits per heavy atom. The van der Waals surface area contributed by atoms with E-state index >= 15 is 0 Å². The fraction of sp³-hybridized carbons (Fsp3) is 0.263. The lowest BCUT2D eigenvalue weighted by Gasteiger charge is -2.17. The number of hydrogen-bond acceptors (Lipinski definition) is 3. The molecule has 0 radical (unpaired) electrons. The number of carbonyl (C=O) groups excluding carboxylic acids is 2. The maximum absolute atomic E-state index is 11.9. The lowest BCUT2D eigenvalue weighted by Crippen LogP contribution is -2.19. The summed E-state index contributed by atoms with van der Waals surface area (Å²) in [5.41, 5.74) is 4.80. The van der Waals surface area contributed by atoms with Crippen molar-refractivity contribution in [3.8, 4) is 11.1 Å². The maximum Gasteiger partial charge on any atom is 0.226 e. The van der Waals surface area contributed by atoms with Crippen LogP contribution in [0.1, 0.15) is 25.8 Å². The Hall–Kier alpha value is -2.62. The first-order valence-corrected chi connectivity index (χ1v) is 7.81. The summed E-state index contributed by atoms with van der Waals surface area (Å²) in [5.74, 6) is 0.166. The molecular weight excluding hydrogens is 288 g/mol. The highest BCUT2D eigenvalue weighted by Gasteiger charge is 2.20. The summed E-state index contributed by atoms with van der Waals surface area (Å²) in [4.78, 5) is 23.2. The average Bonchev–Trinajstić information content (AvgIpc) is 2.62. The molecular formula is C19H20N2O2. The van der Waals surface area contributed by atoms with E-state index in [4.69, 9.17) is 0 Å². The molecule has 0 bridgehead atoms. The van der Waals surface area contributed by atoms with E-state index in [-0.39, 0.29) is 17.7 Å². The van der Waals surface area contributed by atoms with Crippen molar-refractivity contribution in [2.24, 2.45) is 0 Å². The van der Waals surface area contributed by atoms with Crippen LogP contribution < -0.4 is 10.6 Å². The number of ketones is 1. The highest BCUT2D eigenvalue weighted by molar-refractivity contribution is 6.00. The summed E-state index contributed by atoms with van der Waals surface area (Å²) in [6.07, 6.45) is 0.877. The number of carbonyl (C=O) groups is 2. The minimum absolute atomic E-state index is 0.0197. The van der Waals surface area contributed by atoms with Crippen LogP contribution in [0.4, 0.5) is 11.4 Å². The molecule has 118 valence electrons. The van der Waals surface area contributed by atoms with Crippen LogP contribution >= 0.6 is 0 Å². The molecule has 0 aliphatic carbocycles. The Morgan fingerprint density at radius 2 is 2.00 bits per heavy atom. The van der Waals surface area contributed by atoms with Gasteiger partial charge in [0.15, 0.2) is 0 Å². The topological polar surface area (TPSA) is 58.2 Å². The molecule has 0 saturated carbocycles. The Morgan fingerprint density at radius 3 is 2.78 bits per heavy atom. The molecule has 2 aromatic rings. The zero-order valence-corrected chi connectivity index (χ0v) is 13.3. The van der Waals surface area contributed by atoms with E-state index in [9.17, 15) is 9.59 Å². The first-order chi connectivity index (χ1) is 11.0. The van der Waals surface area contributed by atoms with E-state index in [1.54, 1.807) is 6.92 Å². The van der Waals surface area contributed by atoms with Crippen LogP contribution in [0, 0.1) is 0 Å². The minimum atomic E-state index is 0.0197. The molecule has 0 saturated heterocycles. The Kier molecular flexibility index (Phi) is 4.15. The summed E-state index contributed by atoms with van der Waals surface area (Å²) in [5, 5.41) is 6.38. The first kappa shape index (κ1) is 15.3. The third kappa shape index (κ3) is 3.42. The van der Waals surface area contributed by atoms with Crippen LogP contribution in [0.15, 0.2) is 42.5 Å². The number of anilines is 2. The van der Waals surface area contributed by atoms with Gasteiger partial charge in [-0.1, -0.05) is 36.4 Å². The van der Waals surface area contributed by atoms with E-state index in [1.807, 2.05) is 49.4 Å². The second kappa shape index (κ2) is 6.24. The highest BCUT2D eigenvalue weighted by atomic mass is 16.1. The van der Waals surface area contributed by atoms with Gasteiger partial charge in [-0.15, -0.1) is 0 Å². The predicted octanol–water partition coefficient (Wildman–Crippen LogP) is 3.63. The van der Waals surface area contributed by atoms with Crippen molar-refractivity contribution >= 4 is 23.1 Å². The van der Waals surface area contributed by atoms with E-state index in [2.05, 4.69) is 10.6 Å². The molecule has 3 rings (SSSR count). The van der Waals surface area contributed by atoms with Crippen molar-refractivity contribution in [2.75, 3.05) is 10.6 Å². The Balaban J connectivity index is 2.06. The first-order valence-electron chi connectivity index (χ1n) is 7.81. The van der Waals surface area contributed by atoms with Crippen LogP contribution in [0.5, 0.6) is 0 Å².